The van der Waals surface area contributed by atoms with E-state index in [9.17, 15) is 19.8 Å². The van der Waals surface area contributed by atoms with Gasteiger partial charge in [0.05, 0.1) is 31.4 Å². The number of carbonyl (C=O) groups is 2. The number of methoxy groups -OCH3 is 2. The molecule has 10 heteroatoms. The molecule has 2 aromatic carbocycles. The Morgan fingerprint density at radius 1 is 1.20 bits per heavy atom. The Labute approximate surface area is 176 Å². The lowest BCUT2D eigenvalue weighted by Gasteiger charge is -2.16. The van der Waals surface area contributed by atoms with Gasteiger partial charge in [-0.25, -0.2) is 0 Å². The third-order valence-electron chi connectivity index (χ3n) is 4.15. The van der Waals surface area contributed by atoms with Crippen LogP contribution in [-0.4, -0.2) is 47.8 Å². The normalized spacial score (nSPS) is 17.7. The van der Waals surface area contributed by atoms with E-state index in [4.69, 9.17) is 9.47 Å². The van der Waals surface area contributed by atoms with E-state index in [2.05, 4.69) is 10.2 Å². The van der Waals surface area contributed by atoms with Gasteiger partial charge in [-0.2, -0.15) is 5.10 Å². The number of carboxylic acid groups (broad SMARTS) is 1. The highest BCUT2D eigenvalue weighted by Gasteiger charge is 2.39. The summed E-state index contributed by atoms with van der Waals surface area (Å²) in [6.07, 6.45) is 1.03. The van der Waals surface area contributed by atoms with E-state index in [-0.39, 0.29) is 10.9 Å². The van der Waals surface area contributed by atoms with E-state index in [1.54, 1.807) is 18.2 Å². The predicted molar refractivity (Wildman–Crippen MR) is 111 cm³/mol. The largest absolute Gasteiger partial charge is 0.550 e. The van der Waals surface area contributed by atoms with Crippen molar-refractivity contribution in [3.8, 4) is 17.2 Å². The number of anilines is 1. The lowest BCUT2D eigenvalue weighted by Crippen LogP contribution is -2.35. The number of phenolic OH excluding ortho intramolecular Hbond substituents is 1. The Balaban J connectivity index is 1.89. The molecule has 1 unspecified atom stereocenters. The zero-order chi connectivity index (χ0) is 21.7. The molecule has 1 fully saturated rings. The molecule has 0 spiro atoms. The standard InChI is InChI=1S/C20H19N3O6S/c1-28-15-8-3-12(9-16(15)29-2)11-21-22-20-23(13-4-6-14(24)7-5-13)19(27)17(30-20)10-18(25)26/h3-9,11,17,24H,10H2,1-2H3,(H,25,26)/p-1. The van der Waals surface area contributed by atoms with Crippen molar-refractivity contribution in [2.45, 2.75) is 11.7 Å². The first-order valence-electron chi connectivity index (χ1n) is 8.75. The summed E-state index contributed by atoms with van der Waals surface area (Å²) in [4.78, 5) is 25.0. The van der Waals surface area contributed by atoms with E-state index in [0.29, 0.717) is 22.7 Å². The fourth-order valence-corrected chi connectivity index (χ4v) is 3.81. The molecule has 30 heavy (non-hydrogen) atoms. The first kappa shape index (κ1) is 21.2. The number of carboxylic acids is 1. The van der Waals surface area contributed by atoms with E-state index >= 15 is 0 Å². The van der Waals surface area contributed by atoms with Gasteiger partial charge in [-0.05, 0) is 48.0 Å². The van der Waals surface area contributed by atoms with Crippen molar-refractivity contribution in [1.82, 2.24) is 0 Å². The van der Waals surface area contributed by atoms with Crippen molar-refractivity contribution in [3.63, 3.8) is 0 Å². The van der Waals surface area contributed by atoms with Crippen molar-refractivity contribution < 1.29 is 29.3 Å². The van der Waals surface area contributed by atoms with Crippen LogP contribution in [0.25, 0.3) is 0 Å². The number of nitrogens with zero attached hydrogens (tertiary/aromatic N) is 3. The van der Waals surface area contributed by atoms with Crippen LogP contribution in [0.2, 0.25) is 0 Å². The maximum Gasteiger partial charge on any atom is 0.247 e. The molecule has 0 aliphatic carbocycles. The number of amidine groups is 1. The molecule has 1 N–H and O–H groups in total. The second kappa shape index (κ2) is 9.31. The second-order valence-electron chi connectivity index (χ2n) is 6.11. The van der Waals surface area contributed by atoms with Crippen LogP contribution in [0.1, 0.15) is 12.0 Å². The van der Waals surface area contributed by atoms with Crippen molar-refractivity contribution in [2.24, 2.45) is 10.2 Å². The molecule has 1 amide bonds. The van der Waals surface area contributed by atoms with Gasteiger partial charge in [0.25, 0.3) is 0 Å². The first-order valence-corrected chi connectivity index (χ1v) is 9.63. The van der Waals surface area contributed by atoms with Gasteiger partial charge >= 0.3 is 0 Å². The molecule has 2 aromatic rings. The van der Waals surface area contributed by atoms with Crippen LogP contribution < -0.4 is 19.5 Å². The van der Waals surface area contributed by atoms with Crippen LogP contribution >= 0.6 is 11.8 Å². The van der Waals surface area contributed by atoms with Gasteiger partial charge in [-0.15, -0.1) is 5.10 Å². The lowest BCUT2D eigenvalue weighted by atomic mass is 10.2. The minimum Gasteiger partial charge on any atom is -0.550 e. The average Bonchev–Trinajstić information content (AvgIpc) is 3.03. The molecule has 1 saturated heterocycles. The van der Waals surface area contributed by atoms with E-state index in [0.717, 1.165) is 11.8 Å². The smallest absolute Gasteiger partial charge is 0.247 e. The number of phenols is 1. The molecule has 0 radical (unpaired) electrons. The molecule has 1 aliphatic heterocycles. The summed E-state index contributed by atoms with van der Waals surface area (Å²) in [6.45, 7) is 0. The number of carbonyl (C=O) groups excluding carboxylic acids is 2. The minimum atomic E-state index is -1.33. The number of hydrogen-bond acceptors (Lipinski definition) is 9. The Hall–Kier alpha value is -3.53. The van der Waals surface area contributed by atoms with Crippen molar-refractivity contribution in [1.29, 1.82) is 0 Å². The minimum absolute atomic E-state index is 0.0364. The van der Waals surface area contributed by atoms with Crippen molar-refractivity contribution in [3.05, 3.63) is 48.0 Å². The number of aromatic hydroxyl groups is 1. The maximum absolute atomic E-state index is 12.7. The summed E-state index contributed by atoms with van der Waals surface area (Å²) in [6, 6.07) is 11.1. The topological polar surface area (TPSA) is 124 Å². The highest BCUT2D eigenvalue weighted by Crippen LogP contribution is 2.34. The molecule has 1 atom stereocenters. The first-order chi connectivity index (χ1) is 14.4. The highest BCUT2D eigenvalue weighted by molar-refractivity contribution is 8.16. The molecule has 1 aliphatic rings. The van der Waals surface area contributed by atoms with E-state index in [1.807, 2.05) is 0 Å². The molecule has 9 nitrogen and oxygen atoms in total. The number of hydrogen-bond donors (Lipinski definition) is 1. The number of amides is 1. The van der Waals surface area contributed by atoms with Crippen LogP contribution in [0.15, 0.2) is 52.7 Å². The third-order valence-corrected chi connectivity index (χ3v) is 5.28. The van der Waals surface area contributed by atoms with Gasteiger partial charge in [0.2, 0.25) is 5.91 Å². The summed E-state index contributed by atoms with van der Waals surface area (Å²) in [5.74, 6) is -0.647. The second-order valence-corrected chi connectivity index (χ2v) is 7.28. The molecular formula is C20H18N3O6S-. The summed E-state index contributed by atoms with van der Waals surface area (Å²) in [5, 5.41) is 28.0. The molecule has 0 bridgehead atoms. The molecule has 156 valence electrons. The van der Waals surface area contributed by atoms with Gasteiger partial charge in [0.15, 0.2) is 16.7 Å². The van der Waals surface area contributed by atoms with Crippen LogP contribution in [0.4, 0.5) is 5.69 Å². The van der Waals surface area contributed by atoms with E-state index in [1.165, 1.54) is 49.6 Å². The quantitative estimate of drug-likeness (QED) is 0.522. The Morgan fingerprint density at radius 3 is 2.53 bits per heavy atom. The molecule has 1 heterocycles. The number of benzene rings is 2. The maximum atomic E-state index is 12.7. The van der Waals surface area contributed by atoms with Crippen LogP contribution in [-0.2, 0) is 9.59 Å². The molecule has 0 saturated carbocycles. The highest BCUT2D eigenvalue weighted by atomic mass is 32.2. The van der Waals surface area contributed by atoms with Gasteiger partial charge in [0.1, 0.15) is 5.75 Å². The van der Waals surface area contributed by atoms with Crippen molar-refractivity contribution in [2.75, 3.05) is 19.1 Å². The Kier molecular flexibility index (Phi) is 6.58. The molecular weight excluding hydrogens is 410 g/mol. The summed E-state index contributed by atoms with van der Waals surface area (Å²) < 4.78 is 10.4. The summed E-state index contributed by atoms with van der Waals surface area (Å²) in [7, 11) is 3.06. The van der Waals surface area contributed by atoms with Gasteiger partial charge in [-0.3, -0.25) is 9.69 Å². The van der Waals surface area contributed by atoms with E-state index < -0.39 is 23.5 Å². The number of rotatable bonds is 7. The number of aliphatic carboxylic acids is 1. The molecule has 3 rings (SSSR count). The third kappa shape index (κ3) is 4.71. The number of ether oxygens (including phenoxy) is 2. The lowest BCUT2D eigenvalue weighted by molar-refractivity contribution is -0.305. The van der Waals surface area contributed by atoms with Gasteiger partial charge < -0.3 is 24.5 Å². The van der Waals surface area contributed by atoms with Gasteiger partial charge in [-0.1, -0.05) is 11.8 Å². The monoisotopic (exact) mass is 428 g/mol. The SMILES string of the molecule is COc1ccc(C=NN=C2SC(CC(=O)[O-])C(=O)N2c2ccc(O)cc2)cc1OC. The van der Waals surface area contributed by atoms with Crippen LogP contribution in [0, 0.1) is 0 Å². The van der Waals surface area contributed by atoms with Gasteiger partial charge in [0, 0.05) is 12.4 Å². The summed E-state index contributed by atoms with van der Waals surface area (Å²) in [5.41, 5.74) is 1.13. The van der Waals surface area contributed by atoms with Crippen LogP contribution in [0.3, 0.4) is 0 Å². The van der Waals surface area contributed by atoms with Crippen LogP contribution in [0.5, 0.6) is 17.2 Å². The fraction of sp³-hybridized carbons (Fsp3) is 0.200. The fourth-order valence-electron chi connectivity index (χ4n) is 2.73. The Bertz CT molecular complexity index is 1010. The zero-order valence-electron chi connectivity index (χ0n) is 16.1. The number of thioether (sulfide) groups is 1. The predicted octanol–water partition coefficient (Wildman–Crippen LogP) is 1.39. The summed E-state index contributed by atoms with van der Waals surface area (Å²) >= 11 is 0.988. The van der Waals surface area contributed by atoms with Crippen molar-refractivity contribution >= 4 is 40.7 Å². The Morgan fingerprint density at radius 2 is 1.90 bits per heavy atom. The average molecular weight is 428 g/mol. The molecule has 0 aromatic heterocycles. The zero-order valence-corrected chi connectivity index (χ0v) is 17.0.